The summed E-state index contributed by atoms with van der Waals surface area (Å²) in [6.07, 6.45) is 0. The van der Waals surface area contributed by atoms with E-state index in [1.165, 1.54) is 6.07 Å². The van der Waals surface area contributed by atoms with Gasteiger partial charge in [0.15, 0.2) is 0 Å². The smallest absolute Gasteiger partial charge is 0.347 e. The van der Waals surface area contributed by atoms with Crippen LogP contribution >= 0.6 is 24.8 Å². The van der Waals surface area contributed by atoms with Gasteiger partial charge in [-0.15, -0.1) is 24.8 Å². The highest BCUT2D eigenvalue weighted by atomic mass is 35.5. The molecule has 0 amide bonds. The number of aromatic amines is 1. The summed E-state index contributed by atoms with van der Waals surface area (Å²) in [5, 5.41) is 0. The standard InChI is InChI=1S/C5H8N4O.2ClH/c6-2-3-1-4(7)9-5(10)8-3;;/h1H,2,6H2,(H3,7,8,9,10);2*1H. The lowest BCUT2D eigenvalue weighted by molar-refractivity contribution is 0.936. The zero-order valence-electron chi connectivity index (χ0n) is 6.11. The Kier molecular flexibility index (Phi) is 6.68. The highest BCUT2D eigenvalue weighted by molar-refractivity contribution is 5.85. The van der Waals surface area contributed by atoms with E-state index in [1.807, 2.05) is 0 Å². The molecule has 0 atom stereocenters. The number of halogens is 2. The van der Waals surface area contributed by atoms with Gasteiger partial charge in [-0.1, -0.05) is 0 Å². The van der Waals surface area contributed by atoms with E-state index in [1.54, 1.807) is 0 Å². The van der Waals surface area contributed by atoms with E-state index in [9.17, 15) is 4.79 Å². The molecule has 0 aliphatic heterocycles. The molecule has 5 nitrogen and oxygen atoms in total. The van der Waals surface area contributed by atoms with Crippen LogP contribution in [0.5, 0.6) is 0 Å². The van der Waals surface area contributed by atoms with Crippen molar-refractivity contribution < 1.29 is 0 Å². The van der Waals surface area contributed by atoms with Crippen LogP contribution in [0.1, 0.15) is 5.69 Å². The van der Waals surface area contributed by atoms with Gasteiger partial charge in [-0.3, -0.25) is 0 Å². The Bertz CT molecular complexity index is 287. The van der Waals surface area contributed by atoms with E-state index < -0.39 is 5.69 Å². The van der Waals surface area contributed by atoms with E-state index in [2.05, 4.69) is 9.97 Å². The minimum atomic E-state index is -0.458. The summed E-state index contributed by atoms with van der Waals surface area (Å²) in [6.45, 7) is 0.266. The summed E-state index contributed by atoms with van der Waals surface area (Å²) in [5.74, 6) is 0.198. The van der Waals surface area contributed by atoms with Crippen molar-refractivity contribution in [1.82, 2.24) is 9.97 Å². The third-order valence-corrected chi connectivity index (χ3v) is 1.04. The number of nitrogens with zero attached hydrogens (tertiary/aromatic N) is 1. The summed E-state index contributed by atoms with van der Waals surface area (Å²) in [7, 11) is 0. The molecule has 0 aliphatic rings. The second-order valence-electron chi connectivity index (χ2n) is 1.84. The Balaban J connectivity index is 0. The maximum absolute atomic E-state index is 10.6. The topological polar surface area (TPSA) is 97.8 Å². The van der Waals surface area contributed by atoms with Gasteiger partial charge in [0.25, 0.3) is 0 Å². The van der Waals surface area contributed by atoms with E-state index in [-0.39, 0.29) is 37.2 Å². The molecule has 1 heterocycles. The maximum atomic E-state index is 10.6. The number of nitrogens with two attached hydrogens (primary N) is 2. The molecule has 1 rings (SSSR count). The summed E-state index contributed by atoms with van der Waals surface area (Å²) in [4.78, 5) is 16.4. The molecule has 0 saturated heterocycles. The van der Waals surface area contributed by atoms with Crippen LogP contribution in [-0.2, 0) is 6.54 Å². The minimum Gasteiger partial charge on any atom is -0.383 e. The molecule has 1 aromatic heterocycles. The van der Waals surface area contributed by atoms with Crippen LogP contribution in [0.2, 0.25) is 0 Å². The molecule has 7 heteroatoms. The number of anilines is 1. The Morgan fingerprint density at radius 1 is 1.50 bits per heavy atom. The lowest BCUT2D eigenvalue weighted by Crippen LogP contribution is -2.16. The fraction of sp³-hybridized carbons (Fsp3) is 0.200. The zero-order chi connectivity index (χ0) is 7.56. The van der Waals surface area contributed by atoms with E-state index in [0.717, 1.165) is 0 Å². The van der Waals surface area contributed by atoms with Crippen molar-refractivity contribution in [2.45, 2.75) is 6.54 Å². The van der Waals surface area contributed by atoms with Crippen molar-refractivity contribution in [1.29, 1.82) is 0 Å². The van der Waals surface area contributed by atoms with Crippen molar-refractivity contribution in [3.63, 3.8) is 0 Å². The Morgan fingerprint density at radius 2 is 2.08 bits per heavy atom. The number of hydrogen-bond donors (Lipinski definition) is 3. The van der Waals surface area contributed by atoms with Crippen molar-refractivity contribution in [2.75, 3.05) is 5.73 Å². The summed E-state index contributed by atoms with van der Waals surface area (Å²) in [5.41, 5.74) is 10.6. The molecule has 0 aromatic carbocycles. The van der Waals surface area contributed by atoms with Crippen LogP contribution in [0, 0.1) is 0 Å². The molecular weight excluding hydrogens is 203 g/mol. The molecule has 5 N–H and O–H groups in total. The Labute approximate surface area is 81.4 Å². The average Bonchev–Trinajstić information content (AvgIpc) is 1.85. The molecule has 0 fully saturated rings. The highest BCUT2D eigenvalue weighted by Crippen LogP contribution is 1.93. The fourth-order valence-corrected chi connectivity index (χ4v) is 0.639. The molecule has 12 heavy (non-hydrogen) atoms. The highest BCUT2D eigenvalue weighted by Gasteiger charge is 1.92. The monoisotopic (exact) mass is 212 g/mol. The summed E-state index contributed by atoms with van der Waals surface area (Å²) >= 11 is 0. The second kappa shape index (κ2) is 5.82. The van der Waals surface area contributed by atoms with Gasteiger partial charge in [0.1, 0.15) is 5.82 Å². The zero-order valence-corrected chi connectivity index (χ0v) is 7.74. The van der Waals surface area contributed by atoms with Crippen LogP contribution in [0.25, 0.3) is 0 Å². The number of rotatable bonds is 1. The SMILES string of the molecule is Cl.Cl.NCc1cc(N)nc(=O)[nH]1. The number of nitrogen functional groups attached to an aromatic ring is 1. The van der Waals surface area contributed by atoms with E-state index in [4.69, 9.17) is 11.5 Å². The number of H-pyrrole nitrogens is 1. The first-order valence-electron chi connectivity index (χ1n) is 2.78. The Morgan fingerprint density at radius 3 is 2.50 bits per heavy atom. The van der Waals surface area contributed by atoms with Gasteiger partial charge in [0.2, 0.25) is 0 Å². The van der Waals surface area contributed by atoms with Crippen LogP contribution in [0.3, 0.4) is 0 Å². The second-order valence-corrected chi connectivity index (χ2v) is 1.84. The maximum Gasteiger partial charge on any atom is 0.347 e. The molecule has 0 radical (unpaired) electrons. The quantitative estimate of drug-likeness (QED) is 0.594. The molecule has 0 spiro atoms. The van der Waals surface area contributed by atoms with Crippen LogP contribution in [-0.4, -0.2) is 9.97 Å². The molecular formula is C5H10Cl2N4O. The van der Waals surface area contributed by atoms with Gasteiger partial charge in [-0.25, -0.2) is 4.79 Å². The van der Waals surface area contributed by atoms with Crippen LogP contribution in [0.15, 0.2) is 10.9 Å². The fourth-order valence-electron chi connectivity index (χ4n) is 0.639. The molecule has 0 saturated carbocycles. The largest absolute Gasteiger partial charge is 0.383 e. The van der Waals surface area contributed by atoms with E-state index in [0.29, 0.717) is 5.69 Å². The molecule has 1 aromatic rings. The van der Waals surface area contributed by atoms with Crippen molar-refractivity contribution in [2.24, 2.45) is 5.73 Å². The van der Waals surface area contributed by atoms with Crippen molar-refractivity contribution in [3.05, 3.63) is 22.2 Å². The third-order valence-electron chi connectivity index (χ3n) is 1.04. The predicted molar refractivity (Wildman–Crippen MR) is 51.7 cm³/mol. The Hall–Kier alpha value is -0.780. The molecule has 0 bridgehead atoms. The van der Waals surface area contributed by atoms with Gasteiger partial charge >= 0.3 is 5.69 Å². The summed E-state index contributed by atoms with van der Waals surface area (Å²) < 4.78 is 0. The normalized spacial score (nSPS) is 8.08. The number of hydrogen-bond acceptors (Lipinski definition) is 4. The average molecular weight is 213 g/mol. The van der Waals surface area contributed by atoms with Gasteiger partial charge < -0.3 is 16.5 Å². The molecule has 0 aliphatic carbocycles. The molecule has 70 valence electrons. The van der Waals surface area contributed by atoms with Gasteiger partial charge in [0, 0.05) is 18.3 Å². The lowest BCUT2D eigenvalue weighted by Gasteiger charge is -1.95. The van der Waals surface area contributed by atoms with Gasteiger partial charge in [-0.2, -0.15) is 4.98 Å². The first kappa shape index (κ1) is 13.8. The van der Waals surface area contributed by atoms with Gasteiger partial charge in [0.05, 0.1) is 0 Å². The van der Waals surface area contributed by atoms with Crippen LogP contribution < -0.4 is 17.2 Å². The van der Waals surface area contributed by atoms with Gasteiger partial charge in [-0.05, 0) is 0 Å². The first-order chi connectivity index (χ1) is 4.72. The van der Waals surface area contributed by atoms with E-state index >= 15 is 0 Å². The van der Waals surface area contributed by atoms with Crippen LogP contribution in [0.4, 0.5) is 5.82 Å². The summed E-state index contributed by atoms with van der Waals surface area (Å²) in [6, 6.07) is 1.53. The van der Waals surface area contributed by atoms with Crippen molar-refractivity contribution >= 4 is 30.6 Å². The minimum absolute atomic E-state index is 0. The van der Waals surface area contributed by atoms with Crippen molar-refractivity contribution in [3.8, 4) is 0 Å². The first-order valence-corrected chi connectivity index (χ1v) is 2.78. The third kappa shape index (κ3) is 3.56. The number of aromatic nitrogens is 2. The number of nitrogens with one attached hydrogen (secondary N) is 1. The lowest BCUT2D eigenvalue weighted by atomic mass is 10.4. The predicted octanol–water partition coefficient (Wildman–Crippen LogP) is -0.346. The molecule has 0 unspecified atom stereocenters.